The SMILES string of the molecule is c1ccc(-c2ccc(-c3ccc4scc(-c5nc6ccccc6n5-c5c(-c6ccccc6)cccc5-c5ccccc5)c4c3)cc2)cc1. The molecule has 9 aromatic rings. The molecule has 2 nitrogen and oxygen atoms in total. The first kappa shape index (κ1) is 28.2. The minimum atomic E-state index is 0.944. The topological polar surface area (TPSA) is 17.8 Å². The van der Waals surface area contributed by atoms with Crippen molar-refractivity contribution >= 4 is 32.5 Å². The summed E-state index contributed by atoms with van der Waals surface area (Å²) < 4.78 is 3.64. The molecule has 0 saturated carbocycles. The molecule has 48 heavy (non-hydrogen) atoms. The molecule has 9 rings (SSSR count). The lowest BCUT2D eigenvalue weighted by Gasteiger charge is -2.19. The van der Waals surface area contributed by atoms with E-state index in [4.69, 9.17) is 4.98 Å². The first-order valence-electron chi connectivity index (χ1n) is 16.2. The third-order valence-electron chi connectivity index (χ3n) is 9.13. The van der Waals surface area contributed by atoms with Crippen LogP contribution in [0.25, 0.3) is 82.7 Å². The van der Waals surface area contributed by atoms with Gasteiger partial charge in [-0.25, -0.2) is 4.98 Å². The molecule has 2 aromatic heterocycles. The average molecular weight is 631 g/mol. The first-order chi connectivity index (χ1) is 23.8. The van der Waals surface area contributed by atoms with E-state index >= 15 is 0 Å². The van der Waals surface area contributed by atoms with Crippen LogP contribution in [0.15, 0.2) is 181 Å². The van der Waals surface area contributed by atoms with E-state index in [-0.39, 0.29) is 0 Å². The lowest BCUT2D eigenvalue weighted by Crippen LogP contribution is -2.03. The van der Waals surface area contributed by atoms with Crippen molar-refractivity contribution in [1.29, 1.82) is 0 Å². The highest BCUT2D eigenvalue weighted by molar-refractivity contribution is 7.17. The van der Waals surface area contributed by atoms with E-state index in [1.54, 1.807) is 11.3 Å². The predicted molar refractivity (Wildman–Crippen MR) is 204 cm³/mol. The number of benzene rings is 7. The zero-order chi connectivity index (χ0) is 31.9. The molecule has 7 aromatic carbocycles. The molecule has 0 saturated heterocycles. The maximum Gasteiger partial charge on any atom is 0.147 e. The molecule has 0 amide bonds. The Morgan fingerprint density at radius 1 is 0.417 bits per heavy atom. The Morgan fingerprint density at radius 3 is 1.58 bits per heavy atom. The molecule has 0 aliphatic carbocycles. The predicted octanol–water partition coefficient (Wildman–Crippen LogP) is 12.6. The van der Waals surface area contributed by atoms with Crippen LogP contribution in [0.2, 0.25) is 0 Å². The number of hydrogen-bond donors (Lipinski definition) is 0. The van der Waals surface area contributed by atoms with Crippen LogP contribution in [-0.2, 0) is 0 Å². The van der Waals surface area contributed by atoms with Crippen molar-refractivity contribution in [1.82, 2.24) is 9.55 Å². The van der Waals surface area contributed by atoms with E-state index in [1.807, 2.05) is 0 Å². The van der Waals surface area contributed by atoms with Crippen LogP contribution in [0.1, 0.15) is 0 Å². The third kappa shape index (κ3) is 4.93. The van der Waals surface area contributed by atoms with Gasteiger partial charge in [0.25, 0.3) is 0 Å². The molecule has 0 aliphatic heterocycles. The van der Waals surface area contributed by atoms with Crippen molar-refractivity contribution in [2.24, 2.45) is 0 Å². The van der Waals surface area contributed by atoms with E-state index in [1.165, 1.54) is 54.6 Å². The molecule has 0 bridgehead atoms. The van der Waals surface area contributed by atoms with Gasteiger partial charge in [-0.2, -0.15) is 0 Å². The number of aromatic nitrogens is 2. The number of fused-ring (bicyclic) bond motifs is 2. The maximum atomic E-state index is 5.37. The Bertz CT molecular complexity index is 2470. The van der Waals surface area contributed by atoms with Crippen molar-refractivity contribution in [2.75, 3.05) is 0 Å². The monoisotopic (exact) mass is 630 g/mol. The van der Waals surface area contributed by atoms with Gasteiger partial charge in [0.15, 0.2) is 0 Å². The van der Waals surface area contributed by atoms with Gasteiger partial charge < -0.3 is 0 Å². The molecule has 226 valence electrons. The number of nitrogens with zero attached hydrogens (tertiary/aromatic N) is 2. The Kier molecular flexibility index (Phi) is 7.03. The lowest BCUT2D eigenvalue weighted by atomic mass is 9.95. The van der Waals surface area contributed by atoms with Gasteiger partial charge in [-0.05, 0) is 57.6 Å². The van der Waals surface area contributed by atoms with E-state index in [0.717, 1.165) is 28.1 Å². The third-order valence-corrected chi connectivity index (χ3v) is 10.1. The van der Waals surface area contributed by atoms with Crippen LogP contribution in [-0.4, -0.2) is 9.55 Å². The van der Waals surface area contributed by atoms with Crippen LogP contribution in [0.3, 0.4) is 0 Å². The van der Waals surface area contributed by atoms with Gasteiger partial charge in [0.1, 0.15) is 5.82 Å². The molecule has 0 aliphatic rings. The van der Waals surface area contributed by atoms with E-state index in [0.29, 0.717) is 0 Å². The normalized spacial score (nSPS) is 11.3. The molecule has 0 N–H and O–H groups in total. The first-order valence-corrected chi connectivity index (χ1v) is 17.1. The quantitative estimate of drug-likeness (QED) is 0.179. The van der Waals surface area contributed by atoms with E-state index < -0.39 is 0 Å². The largest absolute Gasteiger partial charge is 0.291 e. The second kappa shape index (κ2) is 12.0. The minimum Gasteiger partial charge on any atom is -0.291 e. The summed E-state index contributed by atoms with van der Waals surface area (Å²) in [6.45, 7) is 0. The maximum absolute atomic E-state index is 5.37. The molecular formula is C45H30N2S. The van der Waals surface area contributed by atoms with Crippen LogP contribution >= 0.6 is 11.3 Å². The van der Waals surface area contributed by atoms with Gasteiger partial charge in [0, 0.05) is 32.2 Å². The Labute approximate surface area is 283 Å². The van der Waals surface area contributed by atoms with Crippen molar-refractivity contribution in [3.8, 4) is 61.6 Å². The summed E-state index contributed by atoms with van der Waals surface area (Å²) in [4.78, 5) is 5.37. The zero-order valence-electron chi connectivity index (χ0n) is 26.1. The molecule has 0 spiro atoms. The van der Waals surface area contributed by atoms with E-state index in [2.05, 4.69) is 186 Å². The standard InChI is InChI=1S/C45H30N2S/c1-4-13-31(14-5-1)32-23-25-33(26-24-32)36-27-28-43-39(29-36)40(30-48-43)45-46-41-21-10-11-22-42(41)47(45)44-37(34-15-6-2-7-16-34)19-12-20-38(44)35-17-8-3-9-18-35/h1-30H. The highest BCUT2D eigenvalue weighted by Crippen LogP contribution is 2.43. The fourth-order valence-electron chi connectivity index (χ4n) is 6.79. The summed E-state index contributed by atoms with van der Waals surface area (Å²) in [5, 5.41) is 3.48. The molecule has 0 radical (unpaired) electrons. The zero-order valence-corrected chi connectivity index (χ0v) is 26.9. The molecule has 2 heterocycles. The van der Waals surface area contributed by atoms with Gasteiger partial charge in [-0.3, -0.25) is 4.57 Å². The fourth-order valence-corrected chi connectivity index (χ4v) is 7.71. The lowest BCUT2D eigenvalue weighted by molar-refractivity contribution is 1.11. The minimum absolute atomic E-state index is 0.944. The van der Waals surface area contributed by atoms with Crippen molar-refractivity contribution in [3.05, 3.63) is 181 Å². The molecule has 0 unspecified atom stereocenters. The van der Waals surface area contributed by atoms with Crippen LogP contribution < -0.4 is 0 Å². The van der Waals surface area contributed by atoms with Crippen LogP contribution in [0.5, 0.6) is 0 Å². The molecule has 0 fully saturated rings. The second-order valence-electron chi connectivity index (χ2n) is 12.0. The van der Waals surface area contributed by atoms with Crippen LogP contribution in [0.4, 0.5) is 0 Å². The van der Waals surface area contributed by atoms with Crippen LogP contribution in [0, 0.1) is 0 Å². The van der Waals surface area contributed by atoms with E-state index in [9.17, 15) is 0 Å². The Hall–Kier alpha value is -6.03. The summed E-state index contributed by atoms with van der Waals surface area (Å²) >= 11 is 1.77. The van der Waals surface area contributed by atoms with Crippen molar-refractivity contribution < 1.29 is 0 Å². The van der Waals surface area contributed by atoms with Gasteiger partial charge >= 0.3 is 0 Å². The highest BCUT2D eigenvalue weighted by Gasteiger charge is 2.23. The van der Waals surface area contributed by atoms with Crippen molar-refractivity contribution in [3.63, 3.8) is 0 Å². The summed E-state index contributed by atoms with van der Waals surface area (Å²) in [5.41, 5.74) is 13.8. The number of hydrogen-bond acceptors (Lipinski definition) is 2. The highest BCUT2D eigenvalue weighted by atomic mass is 32.1. The van der Waals surface area contributed by atoms with Crippen molar-refractivity contribution in [2.45, 2.75) is 0 Å². The summed E-state index contributed by atoms with van der Waals surface area (Å²) in [5.74, 6) is 0.944. The fraction of sp³-hybridized carbons (Fsp3) is 0. The number of thiophene rings is 1. The van der Waals surface area contributed by atoms with Gasteiger partial charge in [0.05, 0.1) is 16.7 Å². The number of rotatable bonds is 6. The summed E-state index contributed by atoms with van der Waals surface area (Å²) in [6, 6.07) is 62.8. The van der Waals surface area contributed by atoms with Gasteiger partial charge in [-0.1, -0.05) is 152 Å². The average Bonchev–Trinajstić information content (AvgIpc) is 3.77. The second-order valence-corrected chi connectivity index (χ2v) is 12.9. The Balaban J connectivity index is 1.27. The number of imidazole rings is 1. The molecular weight excluding hydrogens is 601 g/mol. The smallest absolute Gasteiger partial charge is 0.147 e. The Morgan fingerprint density at radius 2 is 0.938 bits per heavy atom. The molecule has 0 atom stereocenters. The summed E-state index contributed by atoms with van der Waals surface area (Å²) in [6.07, 6.45) is 0. The molecule has 3 heteroatoms. The van der Waals surface area contributed by atoms with Gasteiger partial charge in [0.2, 0.25) is 0 Å². The number of para-hydroxylation sites is 3. The van der Waals surface area contributed by atoms with Gasteiger partial charge in [-0.15, -0.1) is 11.3 Å². The summed E-state index contributed by atoms with van der Waals surface area (Å²) in [7, 11) is 0.